The van der Waals surface area contributed by atoms with E-state index >= 15 is 0 Å². The van der Waals surface area contributed by atoms with E-state index in [2.05, 4.69) is 63.2 Å². The summed E-state index contributed by atoms with van der Waals surface area (Å²) in [4.78, 5) is 16.9. The van der Waals surface area contributed by atoms with Crippen LogP contribution in [0.25, 0.3) is 10.8 Å². The van der Waals surface area contributed by atoms with Gasteiger partial charge in [-0.15, -0.1) is 0 Å². The van der Waals surface area contributed by atoms with Gasteiger partial charge in [0.25, 0.3) is 5.91 Å². The van der Waals surface area contributed by atoms with Crippen molar-refractivity contribution in [1.29, 1.82) is 0 Å². The van der Waals surface area contributed by atoms with E-state index in [4.69, 9.17) is 0 Å². The van der Waals surface area contributed by atoms with Crippen LogP contribution in [0.5, 0.6) is 0 Å². The second kappa shape index (κ2) is 8.37. The third-order valence-corrected chi connectivity index (χ3v) is 5.31. The van der Waals surface area contributed by atoms with Gasteiger partial charge in [0, 0.05) is 19.8 Å². The van der Waals surface area contributed by atoms with Crippen LogP contribution in [0.3, 0.4) is 0 Å². The predicted molar refractivity (Wildman–Crippen MR) is 121 cm³/mol. The summed E-state index contributed by atoms with van der Waals surface area (Å²) in [5, 5.41) is 13.1. The fourth-order valence-corrected chi connectivity index (χ4v) is 3.50. The molecule has 0 aliphatic rings. The molecule has 2 aromatic heterocycles. The molecule has 6 heteroatoms. The molecule has 1 amide bonds. The summed E-state index contributed by atoms with van der Waals surface area (Å²) in [5.74, 6) is 0.561. The first kappa shape index (κ1) is 19.6. The molecular formula is C24H25N5O. The standard InChI is InChI=1S/C24H25N5O/c1-16-23(17(2)29(3)28-16)27-24(30)21-10-11-22(26-15-21)25-13-12-18-8-9-19-6-4-5-7-20(19)14-18/h4-11,14-15H,12-13H2,1-3H3,(H,25,26)(H,27,30). The van der Waals surface area contributed by atoms with E-state index in [0.29, 0.717) is 5.56 Å². The molecule has 0 radical (unpaired) electrons. The first-order chi connectivity index (χ1) is 14.5. The summed E-state index contributed by atoms with van der Waals surface area (Å²) in [6.45, 7) is 4.57. The summed E-state index contributed by atoms with van der Waals surface area (Å²) < 4.78 is 1.76. The minimum atomic E-state index is -0.190. The van der Waals surface area contributed by atoms with Crippen LogP contribution in [0.15, 0.2) is 60.8 Å². The predicted octanol–water partition coefficient (Wildman–Crippen LogP) is 4.49. The van der Waals surface area contributed by atoms with Gasteiger partial charge in [0.1, 0.15) is 5.82 Å². The van der Waals surface area contributed by atoms with Crippen LogP contribution in [0, 0.1) is 13.8 Å². The average molecular weight is 399 g/mol. The van der Waals surface area contributed by atoms with Gasteiger partial charge in [-0.3, -0.25) is 9.48 Å². The molecule has 0 fully saturated rings. The van der Waals surface area contributed by atoms with Crippen molar-refractivity contribution in [3.63, 3.8) is 0 Å². The SMILES string of the molecule is Cc1nn(C)c(C)c1NC(=O)c1ccc(NCCc2ccc3ccccc3c2)nc1. The highest BCUT2D eigenvalue weighted by Gasteiger charge is 2.14. The molecule has 0 aliphatic heterocycles. The number of rotatable bonds is 6. The number of carbonyl (C=O) groups is 1. The molecule has 0 aliphatic carbocycles. The van der Waals surface area contributed by atoms with Crippen molar-refractivity contribution in [2.75, 3.05) is 17.2 Å². The van der Waals surface area contributed by atoms with Gasteiger partial charge in [-0.2, -0.15) is 5.10 Å². The Morgan fingerprint density at radius 1 is 1.03 bits per heavy atom. The molecule has 0 saturated heterocycles. The second-order valence-corrected chi connectivity index (χ2v) is 7.41. The number of anilines is 2. The van der Waals surface area contributed by atoms with Crippen molar-refractivity contribution in [3.05, 3.63) is 83.3 Å². The molecule has 2 heterocycles. The summed E-state index contributed by atoms with van der Waals surface area (Å²) in [7, 11) is 1.86. The molecule has 30 heavy (non-hydrogen) atoms. The first-order valence-electron chi connectivity index (χ1n) is 10.0. The third kappa shape index (κ3) is 4.17. The molecular weight excluding hydrogens is 374 g/mol. The number of pyridine rings is 1. The summed E-state index contributed by atoms with van der Waals surface area (Å²) >= 11 is 0. The van der Waals surface area contributed by atoms with Gasteiger partial charge in [0.2, 0.25) is 0 Å². The Bertz CT molecular complexity index is 1190. The van der Waals surface area contributed by atoms with E-state index in [-0.39, 0.29) is 5.91 Å². The zero-order valence-electron chi connectivity index (χ0n) is 17.4. The zero-order chi connectivity index (χ0) is 21.1. The van der Waals surface area contributed by atoms with Gasteiger partial charge in [-0.25, -0.2) is 4.98 Å². The number of hydrogen-bond acceptors (Lipinski definition) is 4. The fourth-order valence-electron chi connectivity index (χ4n) is 3.50. The molecule has 0 unspecified atom stereocenters. The number of hydrogen-bond donors (Lipinski definition) is 2. The lowest BCUT2D eigenvalue weighted by Crippen LogP contribution is -2.14. The molecule has 2 N–H and O–H groups in total. The number of aromatic nitrogens is 3. The topological polar surface area (TPSA) is 71.8 Å². The van der Waals surface area contributed by atoms with Crippen molar-refractivity contribution in [2.45, 2.75) is 20.3 Å². The lowest BCUT2D eigenvalue weighted by molar-refractivity contribution is 0.102. The largest absolute Gasteiger partial charge is 0.370 e. The van der Waals surface area contributed by atoms with E-state index in [0.717, 1.165) is 35.9 Å². The number of nitrogens with one attached hydrogen (secondary N) is 2. The van der Waals surface area contributed by atoms with Crippen LogP contribution in [-0.4, -0.2) is 27.2 Å². The molecule has 4 aromatic rings. The van der Waals surface area contributed by atoms with Crippen LogP contribution in [0.1, 0.15) is 27.3 Å². The Labute approximate surface area is 176 Å². The fraction of sp³-hybridized carbons (Fsp3) is 0.208. The van der Waals surface area contributed by atoms with E-state index in [1.807, 2.05) is 27.0 Å². The van der Waals surface area contributed by atoms with Crippen molar-refractivity contribution in [1.82, 2.24) is 14.8 Å². The molecule has 0 spiro atoms. The summed E-state index contributed by atoms with van der Waals surface area (Å²) in [5.41, 5.74) is 4.25. The van der Waals surface area contributed by atoms with Crippen LogP contribution >= 0.6 is 0 Å². The molecule has 2 aromatic carbocycles. The van der Waals surface area contributed by atoms with Crippen LogP contribution in [0.4, 0.5) is 11.5 Å². The van der Waals surface area contributed by atoms with E-state index in [9.17, 15) is 4.79 Å². The van der Waals surface area contributed by atoms with Crippen LogP contribution in [-0.2, 0) is 13.5 Å². The van der Waals surface area contributed by atoms with Crippen molar-refractivity contribution in [2.24, 2.45) is 7.05 Å². The molecule has 152 valence electrons. The Balaban J connectivity index is 1.34. The Kier molecular flexibility index (Phi) is 5.48. The van der Waals surface area contributed by atoms with Gasteiger partial charge in [-0.05, 0) is 48.7 Å². The number of benzene rings is 2. The highest BCUT2D eigenvalue weighted by Crippen LogP contribution is 2.20. The summed E-state index contributed by atoms with van der Waals surface area (Å²) in [6.07, 6.45) is 2.49. The minimum absolute atomic E-state index is 0.190. The number of nitrogens with zero attached hydrogens (tertiary/aromatic N) is 3. The number of fused-ring (bicyclic) bond motifs is 1. The maximum Gasteiger partial charge on any atom is 0.257 e. The molecule has 0 bridgehead atoms. The lowest BCUT2D eigenvalue weighted by atomic mass is 10.1. The summed E-state index contributed by atoms with van der Waals surface area (Å²) in [6, 6.07) is 18.5. The first-order valence-corrected chi connectivity index (χ1v) is 10.0. The Morgan fingerprint density at radius 2 is 1.83 bits per heavy atom. The minimum Gasteiger partial charge on any atom is -0.370 e. The van der Waals surface area contributed by atoms with Gasteiger partial charge in [0.15, 0.2) is 0 Å². The third-order valence-electron chi connectivity index (χ3n) is 5.31. The Morgan fingerprint density at radius 3 is 2.53 bits per heavy atom. The zero-order valence-corrected chi connectivity index (χ0v) is 17.4. The highest BCUT2D eigenvalue weighted by molar-refractivity contribution is 6.04. The molecule has 4 rings (SSSR count). The van der Waals surface area contributed by atoms with Gasteiger partial charge in [0.05, 0.1) is 22.6 Å². The van der Waals surface area contributed by atoms with Crippen LogP contribution in [0.2, 0.25) is 0 Å². The molecule has 0 saturated carbocycles. The Hall–Kier alpha value is -3.67. The highest BCUT2D eigenvalue weighted by atomic mass is 16.1. The normalized spacial score (nSPS) is 10.9. The van der Waals surface area contributed by atoms with E-state index < -0.39 is 0 Å². The molecule has 0 atom stereocenters. The van der Waals surface area contributed by atoms with Gasteiger partial charge in [-0.1, -0.05) is 42.5 Å². The number of amides is 1. The van der Waals surface area contributed by atoms with Crippen LogP contribution < -0.4 is 10.6 Å². The van der Waals surface area contributed by atoms with Gasteiger partial charge < -0.3 is 10.6 Å². The van der Waals surface area contributed by atoms with Crippen molar-refractivity contribution in [3.8, 4) is 0 Å². The molecule has 6 nitrogen and oxygen atoms in total. The average Bonchev–Trinajstić information content (AvgIpc) is 3.00. The van der Waals surface area contributed by atoms with E-state index in [1.54, 1.807) is 16.9 Å². The second-order valence-electron chi connectivity index (χ2n) is 7.41. The maximum atomic E-state index is 12.5. The van der Waals surface area contributed by atoms with E-state index in [1.165, 1.54) is 16.3 Å². The number of aryl methyl sites for hydroxylation is 2. The maximum absolute atomic E-state index is 12.5. The smallest absolute Gasteiger partial charge is 0.257 e. The quantitative estimate of drug-likeness (QED) is 0.501. The van der Waals surface area contributed by atoms with Crippen molar-refractivity contribution >= 4 is 28.2 Å². The van der Waals surface area contributed by atoms with Crippen molar-refractivity contribution < 1.29 is 4.79 Å². The van der Waals surface area contributed by atoms with Gasteiger partial charge >= 0.3 is 0 Å². The lowest BCUT2D eigenvalue weighted by Gasteiger charge is -2.08. The monoisotopic (exact) mass is 399 g/mol. The number of carbonyl (C=O) groups excluding carboxylic acids is 1.